The Morgan fingerprint density at radius 3 is 2.36 bits per heavy atom. The van der Waals surface area contributed by atoms with E-state index in [0.29, 0.717) is 6.61 Å². The normalized spacial score (nSPS) is 42.5. The van der Waals surface area contributed by atoms with Gasteiger partial charge in [-0.15, -0.1) is 0 Å². The molecule has 6 nitrogen and oxygen atoms in total. The summed E-state index contributed by atoms with van der Waals surface area (Å²) in [4.78, 5) is 11.9. The molecule has 0 aromatic rings. The third-order valence-electron chi connectivity index (χ3n) is 3.82. The summed E-state index contributed by atoms with van der Waals surface area (Å²) in [6.07, 6.45) is 0.483. The number of hydrogen-bond donors (Lipinski definition) is 0. The van der Waals surface area contributed by atoms with Gasteiger partial charge >= 0.3 is 0 Å². The lowest BCUT2D eigenvalue weighted by molar-refractivity contribution is -0.219. The minimum absolute atomic E-state index is 0.0331. The van der Waals surface area contributed by atoms with Gasteiger partial charge in [-0.2, -0.15) is 0 Å². The number of hydrogen-bond acceptors (Lipinski definition) is 8. The molecule has 0 bridgehead atoms. The maximum absolute atomic E-state index is 11.9. The highest BCUT2D eigenvalue weighted by Crippen LogP contribution is 2.46. The van der Waals surface area contributed by atoms with Crippen molar-refractivity contribution in [1.29, 1.82) is 0 Å². The second-order valence-corrected chi connectivity index (χ2v) is 8.66. The van der Waals surface area contributed by atoms with Crippen LogP contribution in [0.5, 0.6) is 0 Å². The van der Waals surface area contributed by atoms with E-state index in [9.17, 15) is 4.79 Å². The van der Waals surface area contributed by atoms with E-state index in [4.69, 9.17) is 23.7 Å². The van der Waals surface area contributed by atoms with Crippen molar-refractivity contribution in [2.24, 2.45) is 0 Å². The zero-order valence-electron chi connectivity index (χ0n) is 13.4. The van der Waals surface area contributed by atoms with E-state index in [1.54, 1.807) is 6.26 Å². The minimum atomic E-state index is -0.701. The molecule has 0 aromatic heterocycles. The zero-order valence-corrected chi connectivity index (χ0v) is 15.0. The lowest BCUT2D eigenvalue weighted by Gasteiger charge is -2.28. The Kier molecular flexibility index (Phi) is 4.57. The average molecular weight is 350 g/mol. The second kappa shape index (κ2) is 5.91. The van der Waals surface area contributed by atoms with Crippen molar-refractivity contribution in [1.82, 2.24) is 0 Å². The third kappa shape index (κ3) is 3.33. The Morgan fingerprint density at radius 1 is 1.05 bits per heavy atom. The molecule has 3 aliphatic heterocycles. The maximum Gasteiger partial charge on any atom is 0.246 e. The standard InChI is InChI=1S/C14H22O6S2/c1-13(2)16-6-7(18-13)8-10(22-12(15)21-5)9-11(17-8)20-14(3,4)19-9/h7-11H,6H2,1-5H3. The van der Waals surface area contributed by atoms with Crippen LogP contribution in [0.1, 0.15) is 27.7 Å². The van der Waals surface area contributed by atoms with Crippen LogP contribution in [0, 0.1) is 0 Å². The molecule has 3 heterocycles. The van der Waals surface area contributed by atoms with Crippen molar-refractivity contribution < 1.29 is 28.5 Å². The number of carbonyl (C=O) groups excluding carboxylic acids is 1. The van der Waals surface area contributed by atoms with Crippen LogP contribution in [0.2, 0.25) is 0 Å². The highest BCUT2D eigenvalue weighted by molar-refractivity contribution is 8.38. The molecule has 5 atom stereocenters. The fourth-order valence-electron chi connectivity index (χ4n) is 2.97. The summed E-state index contributed by atoms with van der Waals surface area (Å²) in [6.45, 7) is 7.87. The van der Waals surface area contributed by atoms with Crippen LogP contribution in [0.4, 0.5) is 4.79 Å². The summed E-state index contributed by atoms with van der Waals surface area (Å²) < 4.78 is 29.3. The van der Waals surface area contributed by atoms with E-state index in [1.165, 1.54) is 23.5 Å². The van der Waals surface area contributed by atoms with Gasteiger partial charge in [0.25, 0.3) is 0 Å². The molecule has 0 radical (unpaired) electrons. The Morgan fingerprint density at radius 2 is 1.77 bits per heavy atom. The van der Waals surface area contributed by atoms with Crippen LogP contribution >= 0.6 is 23.5 Å². The summed E-state index contributed by atoms with van der Waals surface area (Å²) in [5.74, 6) is -1.33. The predicted molar refractivity (Wildman–Crippen MR) is 83.9 cm³/mol. The van der Waals surface area contributed by atoms with E-state index in [0.717, 1.165) is 0 Å². The van der Waals surface area contributed by atoms with Gasteiger partial charge in [-0.25, -0.2) is 0 Å². The SMILES string of the molecule is CSC(=O)SC1C(C2COC(C)(C)O2)OC2OC(C)(C)OC21. The first-order valence-electron chi connectivity index (χ1n) is 7.28. The number of rotatable bonds is 2. The lowest BCUT2D eigenvalue weighted by Crippen LogP contribution is -2.41. The molecule has 126 valence electrons. The molecule has 3 saturated heterocycles. The van der Waals surface area contributed by atoms with E-state index >= 15 is 0 Å². The molecule has 0 N–H and O–H groups in total. The summed E-state index contributed by atoms with van der Waals surface area (Å²) in [6, 6.07) is 0. The predicted octanol–water partition coefficient (Wildman–Crippen LogP) is 2.60. The molecule has 0 aromatic carbocycles. The number of ether oxygens (including phenoxy) is 5. The molecule has 3 rings (SSSR count). The van der Waals surface area contributed by atoms with Crippen molar-refractivity contribution in [3.63, 3.8) is 0 Å². The molecule has 0 aliphatic carbocycles. The van der Waals surface area contributed by atoms with Gasteiger partial charge in [0.2, 0.25) is 4.45 Å². The summed E-state index contributed by atoms with van der Waals surface area (Å²) >= 11 is 2.43. The van der Waals surface area contributed by atoms with Gasteiger partial charge in [-0.1, -0.05) is 23.5 Å². The van der Waals surface area contributed by atoms with Gasteiger partial charge in [0.15, 0.2) is 17.9 Å². The lowest BCUT2D eigenvalue weighted by atomic mass is 10.1. The maximum atomic E-state index is 11.9. The van der Waals surface area contributed by atoms with Crippen molar-refractivity contribution in [2.45, 2.75) is 69.1 Å². The van der Waals surface area contributed by atoms with Crippen LogP contribution in [-0.4, -0.2) is 58.7 Å². The highest BCUT2D eigenvalue weighted by Gasteiger charge is 2.58. The molecular formula is C14H22O6S2. The van der Waals surface area contributed by atoms with Crippen molar-refractivity contribution in [3.05, 3.63) is 0 Å². The summed E-state index contributed by atoms with van der Waals surface area (Å²) in [5.41, 5.74) is 0. The zero-order chi connectivity index (χ0) is 16.1. The van der Waals surface area contributed by atoms with Gasteiger partial charge in [-0.3, -0.25) is 4.79 Å². The second-order valence-electron chi connectivity index (χ2n) is 6.47. The van der Waals surface area contributed by atoms with Gasteiger partial charge in [-0.05, 0) is 34.0 Å². The minimum Gasteiger partial charge on any atom is -0.348 e. The van der Waals surface area contributed by atoms with Crippen LogP contribution < -0.4 is 0 Å². The van der Waals surface area contributed by atoms with Gasteiger partial charge < -0.3 is 23.7 Å². The van der Waals surface area contributed by atoms with E-state index in [2.05, 4.69) is 0 Å². The Labute approximate surface area is 138 Å². The molecule has 3 fully saturated rings. The smallest absolute Gasteiger partial charge is 0.246 e. The first-order valence-corrected chi connectivity index (χ1v) is 9.39. The molecule has 8 heteroatoms. The van der Waals surface area contributed by atoms with E-state index < -0.39 is 17.9 Å². The Balaban J connectivity index is 1.76. The van der Waals surface area contributed by atoms with Crippen molar-refractivity contribution >= 4 is 28.0 Å². The van der Waals surface area contributed by atoms with Gasteiger partial charge in [0.1, 0.15) is 18.3 Å². The summed E-state index contributed by atoms with van der Waals surface area (Å²) in [5, 5.41) is -0.172. The average Bonchev–Trinajstić information content (AvgIpc) is 3.01. The largest absolute Gasteiger partial charge is 0.348 e. The molecule has 22 heavy (non-hydrogen) atoms. The fraction of sp³-hybridized carbons (Fsp3) is 0.929. The Hall–Kier alpha value is 0.170. The van der Waals surface area contributed by atoms with Crippen LogP contribution in [0.15, 0.2) is 0 Å². The van der Waals surface area contributed by atoms with Crippen molar-refractivity contribution in [3.8, 4) is 0 Å². The molecule has 0 amide bonds. The number of carbonyl (C=O) groups is 1. The van der Waals surface area contributed by atoms with E-state index in [1.807, 2.05) is 27.7 Å². The van der Waals surface area contributed by atoms with Crippen molar-refractivity contribution in [2.75, 3.05) is 12.9 Å². The van der Waals surface area contributed by atoms with E-state index in [-0.39, 0.29) is 28.0 Å². The number of thioether (sulfide) groups is 2. The van der Waals surface area contributed by atoms with Crippen LogP contribution in [0.3, 0.4) is 0 Å². The molecule has 3 aliphatic rings. The Bertz CT molecular complexity index is 455. The third-order valence-corrected chi connectivity index (χ3v) is 5.95. The molecule has 0 saturated carbocycles. The molecular weight excluding hydrogens is 328 g/mol. The summed E-state index contributed by atoms with van der Waals surface area (Å²) in [7, 11) is 0. The highest BCUT2D eigenvalue weighted by atomic mass is 32.2. The van der Waals surface area contributed by atoms with Crippen LogP contribution in [0.25, 0.3) is 0 Å². The topological polar surface area (TPSA) is 63.2 Å². The first-order chi connectivity index (χ1) is 10.2. The number of fused-ring (bicyclic) bond motifs is 1. The fourth-order valence-corrected chi connectivity index (χ4v) is 4.61. The molecule has 5 unspecified atom stereocenters. The quantitative estimate of drug-likeness (QED) is 0.753. The van der Waals surface area contributed by atoms with Gasteiger partial charge in [0, 0.05) is 0 Å². The monoisotopic (exact) mass is 350 g/mol. The van der Waals surface area contributed by atoms with Gasteiger partial charge in [0.05, 0.1) is 11.9 Å². The first kappa shape index (κ1) is 17.0. The molecule has 0 spiro atoms. The van der Waals surface area contributed by atoms with Crippen LogP contribution in [-0.2, 0) is 23.7 Å².